The first-order chi connectivity index (χ1) is 11.9. The average Bonchev–Trinajstić information content (AvgIpc) is 2.61. The lowest BCUT2D eigenvalue weighted by Gasteiger charge is -2.18. The van der Waals surface area contributed by atoms with Crippen LogP contribution in [0.4, 0.5) is 0 Å². The Hall–Kier alpha value is -1.45. The van der Waals surface area contributed by atoms with E-state index < -0.39 is 10.0 Å². The SMILES string of the molecule is CCN(CC)S(=O)(=O)c1ccc(CNC(=O)c2ccccc2I)cc1. The van der Waals surface area contributed by atoms with Crippen molar-refractivity contribution in [1.29, 1.82) is 0 Å². The fraction of sp³-hybridized carbons (Fsp3) is 0.278. The lowest BCUT2D eigenvalue weighted by molar-refractivity contribution is 0.0950. The normalized spacial score (nSPS) is 11.5. The Morgan fingerprint density at radius 3 is 2.20 bits per heavy atom. The van der Waals surface area contributed by atoms with Crippen molar-refractivity contribution in [2.24, 2.45) is 0 Å². The van der Waals surface area contributed by atoms with Gasteiger partial charge in [0.15, 0.2) is 0 Å². The Morgan fingerprint density at radius 1 is 1.04 bits per heavy atom. The van der Waals surface area contributed by atoms with Gasteiger partial charge < -0.3 is 5.32 Å². The molecular weight excluding hydrogens is 451 g/mol. The largest absolute Gasteiger partial charge is 0.348 e. The standard InChI is InChI=1S/C18H21IN2O3S/c1-3-21(4-2)25(23,24)15-11-9-14(10-12-15)13-20-18(22)16-7-5-6-8-17(16)19/h5-12H,3-4,13H2,1-2H3,(H,20,22). The first-order valence-corrected chi connectivity index (χ1v) is 10.5. The molecule has 5 nitrogen and oxygen atoms in total. The Morgan fingerprint density at radius 2 is 1.64 bits per heavy atom. The second kappa shape index (κ2) is 8.77. The molecule has 0 aliphatic heterocycles. The van der Waals surface area contributed by atoms with E-state index in [1.165, 1.54) is 4.31 Å². The lowest BCUT2D eigenvalue weighted by Crippen LogP contribution is -2.30. The van der Waals surface area contributed by atoms with Crippen LogP contribution in [0.5, 0.6) is 0 Å². The van der Waals surface area contributed by atoms with Crippen molar-refractivity contribution in [3.63, 3.8) is 0 Å². The Balaban J connectivity index is 2.06. The third kappa shape index (κ3) is 4.80. The predicted octanol–water partition coefficient (Wildman–Crippen LogP) is 3.25. The van der Waals surface area contributed by atoms with Crippen molar-refractivity contribution in [3.05, 3.63) is 63.2 Å². The third-order valence-corrected chi connectivity index (χ3v) is 6.84. The van der Waals surface area contributed by atoms with Gasteiger partial charge in [-0.15, -0.1) is 0 Å². The van der Waals surface area contributed by atoms with Crippen LogP contribution < -0.4 is 5.32 Å². The molecule has 1 N–H and O–H groups in total. The van der Waals surface area contributed by atoms with Crippen molar-refractivity contribution in [2.75, 3.05) is 13.1 Å². The summed E-state index contributed by atoms with van der Waals surface area (Å²) in [6.07, 6.45) is 0. The number of sulfonamides is 1. The number of rotatable bonds is 7. The molecule has 0 saturated heterocycles. The van der Waals surface area contributed by atoms with Gasteiger partial charge in [-0.2, -0.15) is 4.31 Å². The van der Waals surface area contributed by atoms with Crippen molar-refractivity contribution in [3.8, 4) is 0 Å². The molecule has 2 aromatic carbocycles. The fourth-order valence-corrected chi connectivity index (χ4v) is 4.51. The van der Waals surface area contributed by atoms with E-state index in [4.69, 9.17) is 0 Å². The van der Waals surface area contributed by atoms with E-state index in [1.54, 1.807) is 30.3 Å². The third-order valence-electron chi connectivity index (χ3n) is 3.84. The van der Waals surface area contributed by atoms with E-state index in [2.05, 4.69) is 27.9 Å². The van der Waals surface area contributed by atoms with Gasteiger partial charge in [0.1, 0.15) is 0 Å². The molecule has 0 saturated carbocycles. The molecule has 2 aromatic rings. The van der Waals surface area contributed by atoms with Crippen LogP contribution in [0.2, 0.25) is 0 Å². The summed E-state index contributed by atoms with van der Waals surface area (Å²) in [6.45, 7) is 4.85. The number of hydrogen-bond acceptors (Lipinski definition) is 3. The zero-order valence-corrected chi connectivity index (χ0v) is 17.2. The highest BCUT2D eigenvalue weighted by Gasteiger charge is 2.21. The number of benzene rings is 2. The van der Waals surface area contributed by atoms with Crippen LogP contribution in [-0.2, 0) is 16.6 Å². The summed E-state index contributed by atoms with van der Waals surface area (Å²) < 4.78 is 27.2. The molecule has 134 valence electrons. The monoisotopic (exact) mass is 472 g/mol. The minimum Gasteiger partial charge on any atom is -0.348 e. The lowest BCUT2D eigenvalue weighted by atomic mass is 10.2. The fourth-order valence-electron chi connectivity index (χ4n) is 2.41. The molecule has 0 aliphatic carbocycles. The van der Waals surface area contributed by atoms with Crippen LogP contribution in [0.1, 0.15) is 29.8 Å². The summed E-state index contributed by atoms with van der Waals surface area (Å²) in [4.78, 5) is 12.5. The summed E-state index contributed by atoms with van der Waals surface area (Å²) in [5, 5.41) is 2.86. The maximum atomic E-state index is 12.4. The van der Waals surface area contributed by atoms with Crippen LogP contribution in [0.3, 0.4) is 0 Å². The number of carbonyl (C=O) groups excluding carboxylic acids is 1. The number of nitrogens with one attached hydrogen (secondary N) is 1. The molecule has 2 rings (SSSR count). The predicted molar refractivity (Wildman–Crippen MR) is 107 cm³/mol. The van der Waals surface area contributed by atoms with Gasteiger partial charge in [0.2, 0.25) is 10.0 Å². The first kappa shape index (κ1) is 19.9. The minimum atomic E-state index is -3.45. The first-order valence-electron chi connectivity index (χ1n) is 8.02. The number of hydrogen-bond donors (Lipinski definition) is 1. The zero-order chi connectivity index (χ0) is 18.4. The van der Waals surface area contributed by atoms with Crippen LogP contribution in [0.15, 0.2) is 53.4 Å². The smallest absolute Gasteiger partial charge is 0.252 e. The van der Waals surface area contributed by atoms with E-state index in [0.717, 1.165) is 9.13 Å². The van der Waals surface area contributed by atoms with E-state index in [-0.39, 0.29) is 10.8 Å². The van der Waals surface area contributed by atoms with Crippen LogP contribution in [0, 0.1) is 3.57 Å². The molecule has 25 heavy (non-hydrogen) atoms. The summed E-state index contributed by atoms with van der Waals surface area (Å²) in [5.74, 6) is -0.148. The molecule has 0 heterocycles. The number of halogens is 1. The molecule has 0 unspecified atom stereocenters. The Labute approximate surface area is 162 Å². The highest BCUT2D eigenvalue weighted by molar-refractivity contribution is 14.1. The second-order valence-corrected chi connectivity index (χ2v) is 8.50. The van der Waals surface area contributed by atoms with Crippen molar-refractivity contribution in [1.82, 2.24) is 9.62 Å². The molecule has 0 atom stereocenters. The van der Waals surface area contributed by atoms with Gasteiger partial charge >= 0.3 is 0 Å². The quantitative estimate of drug-likeness (QED) is 0.630. The minimum absolute atomic E-state index is 0.148. The van der Waals surface area contributed by atoms with Gasteiger partial charge in [-0.3, -0.25) is 4.79 Å². The van der Waals surface area contributed by atoms with Gasteiger partial charge in [0, 0.05) is 23.2 Å². The summed E-state index contributed by atoms with van der Waals surface area (Å²) in [5.41, 5.74) is 1.47. The van der Waals surface area contributed by atoms with Gasteiger partial charge in [-0.25, -0.2) is 8.42 Å². The maximum Gasteiger partial charge on any atom is 0.252 e. The van der Waals surface area contributed by atoms with Gasteiger partial charge in [0.25, 0.3) is 5.91 Å². The number of nitrogens with zero attached hydrogens (tertiary/aromatic N) is 1. The zero-order valence-electron chi connectivity index (χ0n) is 14.2. The molecule has 7 heteroatoms. The van der Waals surface area contributed by atoms with Crippen LogP contribution in [-0.4, -0.2) is 31.7 Å². The van der Waals surface area contributed by atoms with Crippen molar-refractivity contribution < 1.29 is 13.2 Å². The summed E-state index contributed by atoms with van der Waals surface area (Å²) >= 11 is 2.12. The Bertz CT molecular complexity index is 832. The van der Waals surface area contributed by atoms with Gasteiger partial charge in [-0.1, -0.05) is 38.1 Å². The molecule has 0 aliphatic rings. The maximum absolute atomic E-state index is 12.4. The Kier molecular flexibility index (Phi) is 6.97. The van der Waals surface area contributed by atoms with E-state index >= 15 is 0 Å². The topological polar surface area (TPSA) is 66.5 Å². The van der Waals surface area contributed by atoms with Crippen molar-refractivity contribution in [2.45, 2.75) is 25.3 Å². The molecule has 1 amide bonds. The highest BCUT2D eigenvalue weighted by Crippen LogP contribution is 2.16. The van der Waals surface area contributed by atoms with Crippen molar-refractivity contribution >= 4 is 38.5 Å². The molecule has 0 spiro atoms. The van der Waals surface area contributed by atoms with Gasteiger partial charge in [-0.05, 0) is 52.4 Å². The second-order valence-electron chi connectivity index (χ2n) is 5.40. The van der Waals surface area contributed by atoms with Crippen LogP contribution >= 0.6 is 22.6 Å². The van der Waals surface area contributed by atoms with Gasteiger partial charge in [0.05, 0.1) is 10.5 Å². The molecule has 0 bridgehead atoms. The van der Waals surface area contributed by atoms with Crippen LogP contribution in [0.25, 0.3) is 0 Å². The highest BCUT2D eigenvalue weighted by atomic mass is 127. The summed E-state index contributed by atoms with van der Waals surface area (Å²) in [7, 11) is -3.45. The van der Waals surface area contributed by atoms with E-state index in [0.29, 0.717) is 25.2 Å². The van der Waals surface area contributed by atoms with E-state index in [9.17, 15) is 13.2 Å². The summed E-state index contributed by atoms with van der Waals surface area (Å²) in [6, 6.07) is 14.0. The number of amides is 1. The molecule has 0 radical (unpaired) electrons. The molecular formula is C18H21IN2O3S. The number of carbonyl (C=O) groups is 1. The van der Waals surface area contributed by atoms with E-state index in [1.807, 2.05) is 32.0 Å². The average molecular weight is 472 g/mol. The molecule has 0 aromatic heterocycles. The molecule has 0 fully saturated rings.